The molecule has 0 aliphatic heterocycles. The van der Waals surface area contributed by atoms with Gasteiger partial charge >= 0.3 is 0 Å². The number of rotatable bonds is 10. The zero-order chi connectivity index (χ0) is 23.0. The van der Waals surface area contributed by atoms with Crippen molar-refractivity contribution in [3.63, 3.8) is 0 Å². The van der Waals surface area contributed by atoms with E-state index in [0.29, 0.717) is 12.3 Å². The van der Waals surface area contributed by atoms with Crippen molar-refractivity contribution in [2.24, 2.45) is 0 Å². The van der Waals surface area contributed by atoms with Crippen LogP contribution in [0.4, 0.5) is 4.39 Å². The molecule has 2 amide bonds. The van der Waals surface area contributed by atoms with Gasteiger partial charge in [-0.25, -0.2) is 4.39 Å². The van der Waals surface area contributed by atoms with Crippen LogP contribution in [-0.2, 0) is 16.1 Å². The number of unbranched alkanes of at least 4 members (excludes halogenated alkanes) is 1. The number of ether oxygens (including phenoxy) is 1. The minimum absolute atomic E-state index is 0.184. The van der Waals surface area contributed by atoms with Crippen molar-refractivity contribution in [1.82, 2.24) is 10.2 Å². The second kappa shape index (κ2) is 11.8. The third-order valence-electron chi connectivity index (χ3n) is 5.04. The molecule has 0 fully saturated rings. The Morgan fingerprint density at radius 1 is 1.16 bits per heavy atom. The van der Waals surface area contributed by atoms with Gasteiger partial charge in [-0.15, -0.1) is 0 Å². The lowest BCUT2D eigenvalue weighted by molar-refractivity contribution is -0.142. The molecular formula is C24H30BrFN2O3. The molecule has 0 radical (unpaired) electrons. The highest BCUT2D eigenvalue weighted by Crippen LogP contribution is 2.26. The van der Waals surface area contributed by atoms with Crippen molar-refractivity contribution in [3.05, 3.63) is 63.4 Å². The van der Waals surface area contributed by atoms with Crippen LogP contribution in [0.15, 0.2) is 40.9 Å². The summed E-state index contributed by atoms with van der Waals surface area (Å²) in [5.41, 5.74) is 2.75. The lowest BCUT2D eigenvalue weighted by Gasteiger charge is -2.29. The first-order chi connectivity index (χ1) is 14.7. The van der Waals surface area contributed by atoms with Gasteiger partial charge in [0.1, 0.15) is 17.6 Å². The first-order valence-corrected chi connectivity index (χ1v) is 11.2. The highest BCUT2D eigenvalue weighted by molar-refractivity contribution is 9.10. The Bertz CT molecular complexity index is 879. The Morgan fingerprint density at radius 2 is 1.77 bits per heavy atom. The van der Waals surface area contributed by atoms with Crippen LogP contribution in [0.2, 0.25) is 0 Å². The number of carbonyl (C=O) groups is 2. The van der Waals surface area contributed by atoms with Gasteiger partial charge in [0.2, 0.25) is 5.91 Å². The second-order valence-corrected chi connectivity index (χ2v) is 8.42. The molecule has 0 aliphatic rings. The van der Waals surface area contributed by atoms with Gasteiger partial charge in [0, 0.05) is 17.6 Å². The van der Waals surface area contributed by atoms with Crippen LogP contribution >= 0.6 is 15.9 Å². The predicted octanol–water partition coefficient (Wildman–Crippen LogP) is 4.92. The standard InChI is InChI=1S/C24H30BrFN2O3/c1-5-6-11-27-24(30)18(4)28(14-19-7-9-20(26)10-8-19)22(29)15-31-21-12-16(2)23(25)17(3)13-21/h7-10,12-13,18H,5-6,11,14-15H2,1-4H3,(H,27,30)/t18-/m0/s1. The molecule has 5 nitrogen and oxygen atoms in total. The molecule has 0 aromatic heterocycles. The third kappa shape index (κ3) is 7.35. The fourth-order valence-corrected chi connectivity index (χ4v) is 3.35. The van der Waals surface area contributed by atoms with E-state index in [2.05, 4.69) is 21.2 Å². The first kappa shape index (κ1) is 24.9. The molecule has 1 N–H and O–H groups in total. The molecule has 0 saturated carbocycles. The van der Waals surface area contributed by atoms with Gasteiger partial charge in [-0.05, 0) is 68.1 Å². The molecule has 2 rings (SSSR count). The summed E-state index contributed by atoms with van der Waals surface area (Å²) in [6, 6.07) is 8.93. The van der Waals surface area contributed by atoms with Gasteiger partial charge in [0.15, 0.2) is 6.61 Å². The molecule has 0 spiro atoms. The average Bonchev–Trinajstić information content (AvgIpc) is 2.74. The maximum Gasteiger partial charge on any atom is 0.261 e. The topological polar surface area (TPSA) is 58.6 Å². The van der Waals surface area contributed by atoms with E-state index >= 15 is 0 Å². The smallest absolute Gasteiger partial charge is 0.261 e. The monoisotopic (exact) mass is 492 g/mol. The number of halogens is 2. The number of nitrogens with zero attached hydrogens (tertiary/aromatic N) is 1. The summed E-state index contributed by atoms with van der Waals surface area (Å²) in [6.45, 7) is 8.19. The minimum Gasteiger partial charge on any atom is -0.484 e. The largest absolute Gasteiger partial charge is 0.484 e. The van der Waals surface area contributed by atoms with Crippen molar-refractivity contribution in [2.45, 2.75) is 53.1 Å². The van der Waals surface area contributed by atoms with E-state index in [0.717, 1.165) is 34.0 Å². The van der Waals surface area contributed by atoms with Crippen LogP contribution in [-0.4, -0.2) is 35.9 Å². The van der Waals surface area contributed by atoms with Crippen LogP contribution in [0, 0.1) is 19.7 Å². The number of hydrogen-bond donors (Lipinski definition) is 1. The van der Waals surface area contributed by atoms with E-state index < -0.39 is 6.04 Å². The molecule has 0 bridgehead atoms. The maximum absolute atomic E-state index is 13.3. The summed E-state index contributed by atoms with van der Waals surface area (Å²) in [7, 11) is 0. The van der Waals surface area contributed by atoms with Crippen molar-refractivity contribution in [1.29, 1.82) is 0 Å². The summed E-state index contributed by atoms with van der Waals surface area (Å²) in [5.74, 6) is -0.301. The van der Waals surface area contributed by atoms with Crippen LogP contribution in [0.1, 0.15) is 43.4 Å². The molecule has 0 aliphatic carbocycles. The number of carbonyl (C=O) groups excluding carboxylic acids is 2. The molecular weight excluding hydrogens is 463 g/mol. The SMILES string of the molecule is CCCCNC(=O)[C@H](C)N(Cc1ccc(F)cc1)C(=O)COc1cc(C)c(Br)c(C)c1. The quantitative estimate of drug-likeness (QED) is 0.479. The highest BCUT2D eigenvalue weighted by Gasteiger charge is 2.26. The lowest BCUT2D eigenvalue weighted by atomic mass is 10.1. The Labute approximate surface area is 192 Å². The van der Waals surface area contributed by atoms with Crippen molar-refractivity contribution in [2.75, 3.05) is 13.2 Å². The summed E-state index contributed by atoms with van der Waals surface area (Å²) in [6.07, 6.45) is 1.84. The summed E-state index contributed by atoms with van der Waals surface area (Å²) in [4.78, 5) is 27.1. The van der Waals surface area contributed by atoms with Crippen molar-refractivity contribution in [3.8, 4) is 5.75 Å². The Balaban J connectivity index is 2.14. The first-order valence-electron chi connectivity index (χ1n) is 10.4. The molecule has 7 heteroatoms. The van der Waals surface area contributed by atoms with Crippen LogP contribution < -0.4 is 10.1 Å². The fraction of sp³-hybridized carbons (Fsp3) is 0.417. The van der Waals surface area contributed by atoms with Crippen LogP contribution in [0.3, 0.4) is 0 Å². The number of nitrogens with one attached hydrogen (secondary N) is 1. The van der Waals surface area contributed by atoms with Gasteiger partial charge in [-0.3, -0.25) is 9.59 Å². The fourth-order valence-electron chi connectivity index (χ4n) is 3.12. The number of aryl methyl sites for hydroxylation is 2. The molecule has 2 aromatic rings. The van der Waals surface area contributed by atoms with E-state index in [9.17, 15) is 14.0 Å². The molecule has 0 heterocycles. The van der Waals surface area contributed by atoms with E-state index in [1.165, 1.54) is 17.0 Å². The van der Waals surface area contributed by atoms with E-state index in [4.69, 9.17) is 4.74 Å². The summed E-state index contributed by atoms with van der Waals surface area (Å²) >= 11 is 3.52. The number of amides is 2. The van der Waals surface area contributed by atoms with Gasteiger partial charge < -0.3 is 15.0 Å². The zero-order valence-electron chi connectivity index (χ0n) is 18.5. The van der Waals surface area contributed by atoms with E-state index in [-0.39, 0.29) is 30.8 Å². The normalized spacial score (nSPS) is 11.7. The van der Waals surface area contributed by atoms with Gasteiger partial charge in [0.25, 0.3) is 5.91 Å². The predicted molar refractivity (Wildman–Crippen MR) is 123 cm³/mol. The second-order valence-electron chi connectivity index (χ2n) is 7.63. The third-order valence-corrected chi connectivity index (χ3v) is 6.29. The molecule has 2 aromatic carbocycles. The van der Waals surface area contributed by atoms with Crippen LogP contribution in [0.25, 0.3) is 0 Å². The molecule has 168 valence electrons. The van der Waals surface area contributed by atoms with Crippen molar-refractivity contribution >= 4 is 27.7 Å². The Hall–Kier alpha value is -2.41. The Morgan fingerprint density at radius 3 is 2.35 bits per heavy atom. The van der Waals surface area contributed by atoms with Crippen molar-refractivity contribution < 1.29 is 18.7 Å². The maximum atomic E-state index is 13.3. The lowest BCUT2D eigenvalue weighted by Crippen LogP contribution is -2.49. The number of benzene rings is 2. The molecule has 1 atom stereocenters. The average molecular weight is 493 g/mol. The molecule has 0 saturated heterocycles. The minimum atomic E-state index is -0.689. The van der Waals surface area contributed by atoms with Gasteiger partial charge in [-0.1, -0.05) is 41.4 Å². The molecule has 0 unspecified atom stereocenters. The van der Waals surface area contributed by atoms with Gasteiger partial charge in [-0.2, -0.15) is 0 Å². The highest BCUT2D eigenvalue weighted by atomic mass is 79.9. The Kier molecular flexibility index (Phi) is 9.49. The number of hydrogen-bond acceptors (Lipinski definition) is 3. The summed E-state index contributed by atoms with van der Waals surface area (Å²) < 4.78 is 20.0. The van der Waals surface area contributed by atoms with Crippen LogP contribution in [0.5, 0.6) is 5.75 Å². The van der Waals surface area contributed by atoms with Gasteiger partial charge in [0.05, 0.1) is 0 Å². The molecule has 31 heavy (non-hydrogen) atoms. The van der Waals surface area contributed by atoms with E-state index in [1.807, 2.05) is 32.9 Å². The van der Waals surface area contributed by atoms with E-state index in [1.54, 1.807) is 19.1 Å². The zero-order valence-corrected chi connectivity index (χ0v) is 20.1. The summed E-state index contributed by atoms with van der Waals surface area (Å²) in [5, 5.41) is 2.87.